The van der Waals surface area contributed by atoms with Gasteiger partial charge in [-0.1, -0.05) is 13.8 Å². The summed E-state index contributed by atoms with van der Waals surface area (Å²) in [6.45, 7) is 4.19. The van der Waals surface area contributed by atoms with Gasteiger partial charge in [-0.3, -0.25) is 0 Å². The molecule has 2 unspecified atom stereocenters. The van der Waals surface area contributed by atoms with Gasteiger partial charge in [0.1, 0.15) is 0 Å². The average molecular weight is 144 g/mol. The third kappa shape index (κ3) is 1.98. The van der Waals surface area contributed by atoms with Crippen LogP contribution in [0.3, 0.4) is 0 Å². The average Bonchev–Trinajstić information content (AvgIpc) is 2.00. The van der Waals surface area contributed by atoms with Gasteiger partial charge in [-0.05, 0) is 37.5 Å². The molecule has 1 aliphatic rings. The van der Waals surface area contributed by atoms with Gasteiger partial charge in [0.05, 0.1) is 6.10 Å². The molecule has 1 rings (SSSR count). The summed E-state index contributed by atoms with van der Waals surface area (Å²) in [6.07, 6.45) is 0.0526. The standard InChI is InChI=1S/C9H18O/c1-7(2)8-3-5-9(10)6-4-8/h7-10H,3-6H2,1-2H3/t8-,9-/i3D,5D/t3?,5?,8-,9-/m0/s1. The normalized spacial score (nSPS) is 52.4. The zero-order chi connectivity index (χ0) is 9.30. The Morgan fingerprint density at radius 3 is 2.70 bits per heavy atom. The highest BCUT2D eigenvalue weighted by molar-refractivity contribution is 4.73. The lowest BCUT2D eigenvalue weighted by atomic mass is 9.81. The highest BCUT2D eigenvalue weighted by Gasteiger charge is 2.21. The second kappa shape index (κ2) is 3.38. The molecule has 1 heteroatoms. The van der Waals surface area contributed by atoms with Gasteiger partial charge in [0, 0.05) is 2.74 Å². The van der Waals surface area contributed by atoms with Crippen molar-refractivity contribution in [1.82, 2.24) is 0 Å². The van der Waals surface area contributed by atoms with Crippen molar-refractivity contribution in [2.75, 3.05) is 0 Å². The first-order valence-electron chi connectivity index (χ1n) is 5.22. The van der Waals surface area contributed by atoms with Crippen LogP contribution in [0, 0.1) is 11.8 Å². The Morgan fingerprint density at radius 2 is 2.10 bits per heavy atom. The van der Waals surface area contributed by atoms with Crippen LogP contribution in [-0.4, -0.2) is 11.2 Å². The topological polar surface area (TPSA) is 20.2 Å². The molecule has 0 amide bonds. The van der Waals surface area contributed by atoms with Crippen molar-refractivity contribution < 1.29 is 7.85 Å². The maximum Gasteiger partial charge on any atom is 0.0540 e. The predicted octanol–water partition coefficient (Wildman–Crippen LogP) is 2.19. The summed E-state index contributed by atoms with van der Waals surface area (Å²) in [5.41, 5.74) is 0. The number of aliphatic hydroxyl groups excluding tert-OH is 1. The van der Waals surface area contributed by atoms with E-state index < -0.39 is 18.9 Å². The van der Waals surface area contributed by atoms with Crippen LogP contribution in [0.2, 0.25) is 0 Å². The Kier molecular flexibility index (Phi) is 1.89. The first kappa shape index (κ1) is 5.59. The molecule has 0 saturated heterocycles. The van der Waals surface area contributed by atoms with Crippen molar-refractivity contribution in [2.45, 2.75) is 45.6 Å². The van der Waals surface area contributed by atoms with E-state index in [2.05, 4.69) is 13.8 Å². The molecule has 1 nitrogen and oxygen atoms in total. The molecule has 1 saturated carbocycles. The number of rotatable bonds is 1. The van der Waals surface area contributed by atoms with Gasteiger partial charge in [-0.2, -0.15) is 0 Å². The van der Waals surface area contributed by atoms with Crippen molar-refractivity contribution in [3.05, 3.63) is 0 Å². The molecule has 0 aromatic carbocycles. The summed E-state index contributed by atoms with van der Waals surface area (Å²) >= 11 is 0. The van der Waals surface area contributed by atoms with Crippen LogP contribution >= 0.6 is 0 Å². The summed E-state index contributed by atoms with van der Waals surface area (Å²) in [7, 11) is 0. The Bertz CT molecular complexity index is 149. The Hall–Kier alpha value is -0.0400. The monoisotopic (exact) mass is 144 g/mol. The molecule has 0 radical (unpaired) electrons. The maximum atomic E-state index is 9.34. The fourth-order valence-electron chi connectivity index (χ4n) is 1.38. The summed E-state index contributed by atoms with van der Waals surface area (Å²) in [5, 5.41) is 9.34. The molecule has 0 heterocycles. The van der Waals surface area contributed by atoms with Crippen LogP contribution in [0.15, 0.2) is 0 Å². The van der Waals surface area contributed by atoms with Crippen LogP contribution in [-0.2, 0) is 0 Å². The van der Waals surface area contributed by atoms with Crippen molar-refractivity contribution in [3.63, 3.8) is 0 Å². The second-order valence-corrected chi connectivity index (χ2v) is 3.44. The third-order valence-corrected chi connectivity index (χ3v) is 2.23. The van der Waals surface area contributed by atoms with E-state index in [-0.39, 0.29) is 0 Å². The molecule has 0 aliphatic heterocycles. The fourth-order valence-corrected chi connectivity index (χ4v) is 1.38. The van der Waals surface area contributed by atoms with Crippen LogP contribution in [0.1, 0.15) is 42.2 Å². The quantitative estimate of drug-likeness (QED) is 0.598. The first-order valence-corrected chi connectivity index (χ1v) is 4.06. The van der Waals surface area contributed by atoms with Gasteiger partial charge in [-0.25, -0.2) is 0 Å². The summed E-state index contributed by atoms with van der Waals surface area (Å²) in [4.78, 5) is 0. The Morgan fingerprint density at radius 1 is 1.40 bits per heavy atom. The van der Waals surface area contributed by atoms with Gasteiger partial charge < -0.3 is 5.11 Å². The highest BCUT2D eigenvalue weighted by atomic mass is 16.3. The van der Waals surface area contributed by atoms with E-state index in [4.69, 9.17) is 2.74 Å². The van der Waals surface area contributed by atoms with Gasteiger partial charge in [0.2, 0.25) is 0 Å². The van der Waals surface area contributed by atoms with E-state index >= 15 is 0 Å². The van der Waals surface area contributed by atoms with Gasteiger partial charge >= 0.3 is 0 Å². The number of aliphatic hydroxyl groups is 1. The second-order valence-electron chi connectivity index (χ2n) is 3.44. The number of hydrogen-bond donors (Lipinski definition) is 1. The van der Waals surface area contributed by atoms with Crippen molar-refractivity contribution in [2.24, 2.45) is 11.8 Å². The third-order valence-electron chi connectivity index (χ3n) is 2.23. The Labute approximate surface area is 66.3 Å². The van der Waals surface area contributed by atoms with E-state index in [1.807, 2.05) is 0 Å². The van der Waals surface area contributed by atoms with Crippen molar-refractivity contribution in [1.29, 1.82) is 0 Å². The van der Waals surface area contributed by atoms with E-state index in [0.717, 1.165) is 6.42 Å². The lowest BCUT2D eigenvalue weighted by Gasteiger charge is -2.27. The zero-order valence-electron chi connectivity index (χ0n) is 8.75. The largest absolute Gasteiger partial charge is 0.393 e. The molecule has 0 aromatic heterocycles. The van der Waals surface area contributed by atoms with E-state index in [9.17, 15) is 5.11 Å². The molecule has 0 spiro atoms. The van der Waals surface area contributed by atoms with E-state index in [1.54, 1.807) is 0 Å². The van der Waals surface area contributed by atoms with Crippen molar-refractivity contribution in [3.8, 4) is 0 Å². The highest BCUT2D eigenvalue weighted by Crippen LogP contribution is 2.29. The van der Waals surface area contributed by atoms with Gasteiger partial charge in [-0.15, -0.1) is 0 Å². The van der Waals surface area contributed by atoms with Gasteiger partial charge in [0.15, 0.2) is 0 Å². The predicted molar refractivity (Wildman–Crippen MR) is 42.8 cm³/mol. The van der Waals surface area contributed by atoms with Crippen LogP contribution in [0.5, 0.6) is 0 Å². The SMILES string of the molecule is [2H]C1C([2H])[C@H](O)CC[C@H]1C(C)C. The van der Waals surface area contributed by atoms with Crippen LogP contribution in [0.25, 0.3) is 0 Å². The molecule has 60 valence electrons. The molecule has 1 fully saturated rings. The van der Waals surface area contributed by atoms with E-state index in [1.165, 1.54) is 0 Å². The minimum Gasteiger partial charge on any atom is -0.393 e. The molecule has 10 heavy (non-hydrogen) atoms. The fraction of sp³-hybridized carbons (Fsp3) is 1.00. The van der Waals surface area contributed by atoms with Crippen LogP contribution < -0.4 is 0 Å². The number of hydrogen-bond acceptors (Lipinski definition) is 1. The molecular weight excluding hydrogens is 124 g/mol. The van der Waals surface area contributed by atoms with Gasteiger partial charge in [0.25, 0.3) is 0 Å². The van der Waals surface area contributed by atoms with Crippen molar-refractivity contribution >= 4 is 0 Å². The molecule has 1 N–H and O–H groups in total. The summed E-state index contributed by atoms with van der Waals surface area (Å²) in [5.74, 6) is 0.767. The molecule has 0 aromatic rings. The minimum absolute atomic E-state index is 0.302. The lowest BCUT2D eigenvalue weighted by molar-refractivity contribution is 0.0963. The minimum atomic E-state index is -0.592. The molecule has 0 bridgehead atoms. The molecule has 1 aliphatic carbocycles. The molecule has 4 atom stereocenters. The summed E-state index contributed by atoms with van der Waals surface area (Å²) < 4.78 is 15.3. The smallest absolute Gasteiger partial charge is 0.0540 e. The van der Waals surface area contributed by atoms with E-state index in [0.29, 0.717) is 18.3 Å². The maximum absolute atomic E-state index is 9.34. The molecular formula is C9H18O. The Balaban J connectivity index is 2.58. The summed E-state index contributed by atoms with van der Waals surface area (Å²) in [6, 6.07) is 0. The van der Waals surface area contributed by atoms with Crippen LogP contribution in [0.4, 0.5) is 0 Å². The first-order chi connectivity index (χ1) is 5.54. The zero-order valence-corrected chi connectivity index (χ0v) is 6.75. The lowest BCUT2D eigenvalue weighted by Crippen LogP contribution is -2.21.